The summed E-state index contributed by atoms with van der Waals surface area (Å²) < 4.78 is 10.7. The lowest BCUT2D eigenvalue weighted by Gasteiger charge is -2.22. The Morgan fingerprint density at radius 2 is 2.21 bits per heavy atom. The summed E-state index contributed by atoms with van der Waals surface area (Å²) in [5.41, 5.74) is 1.31. The first-order valence-electron chi connectivity index (χ1n) is 6.64. The lowest BCUT2D eigenvalue weighted by Crippen LogP contribution is -2.26. The number of halogens is 1. The van der Waals surface area contributed by atoms with E-state index in [1.54, 1.807) is 12.1 Å². The van der Waals surface area contributed by atoms with Crippen molar-refractivity contribution in [2.24, 2.45) is 0 Å². The van der Waals surface area contributed by atoms with Crippen molar-refractivity contribution >= 4 is 17.6 Å². The van der Waals surface area contributed by atoms with Gasteiger partial charge in [0.25, 0.3) is 0 Å². The Kier molecular flexibility index (Phi) is 5.16. The number of rotatable bonds is 4. The quantitative estimate of drug-likeness (QED) is 0.629. The molecule has 0 bridgehead atoms. The van der Waals surface area contributed by atoms with Gasteiger partial charge in [0.15, 0.2) is 0 Å². The van der Waals surface area contributed by atoms with Crippen LogP contribution in [-0.2, 0) is 15.9 Å². The van der Waals surface area contributed by atoms with Gasteiger partial charge in [0.05, 0.1) is 18.8 Å². The molecule has 0 saturated carbocycles. The third kappa shape index (κ3) is 4.18. The summed E-state index contributed by atoms with van der Waals surface area (Å²) in [7, 11) is 0. The van der Waals surface area contributed by atoms with Gasteiger partial charge in [-0.3, -0.25) is 0 Å². The molecule has 0 N–H and O–H groups in total. The number of aryl methyl sites for hydroxylation is 1. The SMILES string of the molecule is CCCc1cc(C(=O)OC2CCOCC2)cc(Cl)n1. The topological polar surface area (TPSA) is 48.4 Å². The van der Waals surface area contributed by atoms with Gasteiger partial charge in [-0.1, -0.05) is 24.9 Å². The smallest absolute Gasteiger partial charge is 0.338 e. The van der Waals surface area contributed by atoms with E-state index >= 15 is 0 Å². The van der Waals surface area contributed by atoms with Crippen molar-refractivity contribution in [2.75, 3.05) is 13.2 Å². The third-order valence-corrected chi connectivity index (χ3v) is 3.22. The van der Waals surface area contributed by atoms with Crippen molar-refractivity contribution in [1.82, 2.24) is 4.98 Å². The lowest BCUT2D eigenvalue weighted by atomic mass is 10.1. The number of carbonyl (C=O) groups excluding carboxylic acids is 1. The maximum atomic E-state index is 12.1. The highest BCUT2D eigenvalue weighted by Gasteiger charge is 2.19. The molecule has 5 heteroatoms. The highest BCUT2D eigenvalue weighted by molar-refractivity contribution is 6.29. The first-order valence-corrected chi connectivity index (χ1v) is 7.02. The molecule has 0 atom stereocenters. The summed E-state index contributed by atoms with van der Waals surface area (Å²) in [6, 6.07) is 3.32. The molecule has 0 spiro atoms. The molecule has 2 rings (SSSR count). The molecule has 1 aromatic heterocycles. The van der Waals surface area contributed by atoms with Crippen molar-refractivity contribution in [1.29, 1.82) is 0 Å². The van der Waals surface area contributed by atoms with Crippen LogP contribution in [0.15, 0.2) is 12.1 Å². The zero-order chi connectivity index (χ0) is 13.7. The van der Waals surface area contributed by atoms with E-state index in [9.17, 15) is 4.79 Å². The highest BCUT2D eigenvalue weighted by Crippen LogP contribution is 2.17. The molecular weight excluding hydrogens is 266 g/mol. The predicted octanol–water partition coefficient (Wildman–Crippen LogP) is 3.02. The normalized spacial score (nSPS) is 16.3. The molecule has 2 heterocycles. The number of ether oxygens (including phenoxy) is 2. The number of hydrogen-bond donors (Lipinski definition) is 0. The fraction of sp³-hybridized carbons (Fsp3) is 0.571. The molecule has 0 radical (unpaired) electrons. The van der Waals surface area contributed by atoms with Crippen molar-refractivity contribution < 1.29 is 14.3 Å². The van der Waals surface area contributed by atoms with Gasteiger partial charge in [-0.2, -0.15) is 0 Å². The van der Waals surface area contributed by atoms with E-state index in [1.807, 2.05) is 0 Å². The van der Waals surface area contributed by atoms with Gasteiger partial charge in [-0.15, -0.1) is 0 Å². The second-order valence-electron chi connectivity index (χ2n) is 4.64. The van der Waals surface area contributed by atoms with Gasteiger partial charge < -0.3 is 9.47 Å². The van der Waals surface area contributed by atoms with Gasteiger partial charge in [0.2, 0.25) is 0 Å². The molecule has 0 unspecified atom stereocenters. The first-order chi connectivity index (χ1) is 9.19. The van der Waals surface area contributed by atoms with Crippen LogP contribution in [0, 0.1) is 0 Å². The van der Waals surface area contributed by atoms with Crippen LogP contribution in [0.2, 0.25) is 5.15 Å². The van der Waals surface area contributed by atoms with Crippen LogP contribution in [0.25, 0.3) is 0 Å². The fourth-order valence-corrected chi connectivity index (χ4v) is 2.29. The Morgan fingerprint density at radius 1 is 1.47 bits per heavy atom. The van der Waals surface area contributed by atoms with Crippen LogP contribution in [0.1, 0.15) is 42.2 Å². The number of carbonyl (C=O) groups is 1. The molecule has 1 aliphatic heterocycles. The van der Waals surface area contributed by atoms with Crippen LogP contribution in [-0.4, -0.2) is 30.3 Å². The Morgan fingerprint density at radius 3 is 2.89 bits per heavy atom. The Labute approximate surface area is 118 Å². The minimum Gasteiger partial charge on any atom is -0.459 e. The number of hydrogen-bond acceptors (Lipinski definition) is 4. The molecule has 1 aromatic rings. The van der Waals surface area contributed by atoms with E-state index in [2.05, 4.69) is 11.9 Å². The molecule has 0 amide bonds. The van der Waals surface area contributed by atoms with Crippen LogP contribution >= 0.6 is 11.6 Å². The maximum absolute atomic E-state index is 12.1. The average Bonchev–Trinajstić information content (AvgIpc) is 2.39. The van der Waals surface area contributed by atoms with E-state index in [0.717, 1.165) is 31.4 Å². The highest BCUT2D eigenvalue weighted by atomic mass is 35.5. The fourth-order valence-electron chi connectivity index (χ4n) is 2.07. The molecule has 1 fully saturated rings. The largest absolute Gasteiger partial charge is 0.459 e. The Hall–Kier alpha value is -1.13. The van der Waals surface area contributed by atoms with Crippen LogP contribution < -0.4 is 0 Å². The molecule has 0 aromatic carbocycles. The molecule has 1 saturated heterocycles. The van der Waals surface area contributed by atoms with Crippen LogP contribution in [0.3, 0.4) is 0 Å². The summed E-state index contributed by atoms with van der Waals surface area (Å²) in [5.74, 6) is -0.325. The van der Waals surface area contributed by atoms with Gasteiger partial charge in [-0.25, -0.2) is 9.78 Å². The molecule has 1 aliphatic rings. The Balaban J connectivity index is 2.05. The van der Waals surface area contributed by atoms with Crippen LogP contribution in [0.4, 0.5) is 0 Å². The van der Waals surface area contributed by atoms with E-state index < -0.39 is 0 Å². The standard InChI is InChI=1S/C14H18ClNO3/c1-2-3-11-8-10(9-13(15)16-11)14(17)19-12-4-6-18-7-5-12/h8-9,12H,2-7H2,1H3. The van der Waals surface area contributed by atoms with Gasteiger partial charge in [0.1, 0.15) is 11.3 Å². The van der Waals surface area contributed by atoms with E-state index in [0.29, 0.717) is 23.9 Å². The second-order valence-corrected chi connectivity index (χ2v) is 5.02. The predicted molar refractivity (Wildman–Crippen MR) is 72.5 cm³/mol. The Bertz CT molecular complexity index is 444. The zero-order valence-electron chi connectivity index (χ0n) is 11.0. The number of esters is 1. The van der Waals surface area contributed by atoms with Gasteiger partial charge in [0, 0.05) is 18.5 Å². The van der Waals surface area contributed by atoms with E-state index in [1.165, 1.54) is 0 Å². The van der Waals surface area contributed by atoms with Crippen molar-refractivity contribution in [3.8, 4) is 0 Å². The number of pyridine rings is 1. The van der Waals surface area contributed by atoms with Crippen molar-refractivity contribution in [2.45, 2.75) is 38.7 Å². The van der Waals surface area contributed by atoms with Gasteiger partial charge >= 0.3 is 5.97 Å². The minimum absolute atomic E-state index is 0.0529. The first kappa shape index (κ1) is 14.3. The zero-order valence-corrected chi connectivity index (χ0v) is 11.8. The molecular formula is C14H18ClNO3. The van der Waals surface area contributed by atoms with Crippen molar-refractivity contribution in [3.63, 3.8) is 0 Å². The molecule has 19 heavy (non-hydrogen) atoms. The van der Waals surface area contributed by atoms with Gasteiger partial charge in [-0.05, 0) is 18.6 Å². The monoisotopic (exact) mass is 283 g/mol. The second kappa shape index (κ2) is 6.87. The summed E-state index contributed by atoms with van der Waals surface area (Å²) >= 11 is 5.93. The van der Waals surface area contributed by atoms with Crippen LogP contribution in [0.5, 0.6) is 0 Å². The minimum atomic E-state index is -0.325. The average molecular weight is 284 g/mol. The van der Waals surface area contributed by atoms with Crippen molar-refractivity contribution in [3.05, 3.63) is 28.5 Å². The maximum Gasteiger partial charge on any atom is 0.338 e. The summed E-state index contributed by atoms with van der Waals surface area (Å²) in [4.78, 5) is 16.3. The molecule has 0 aliphatic carbocycles. The summed E-state index contributed by atoms with van der Waals surface area (Å²) in [6.07, 6.45) is 3.22. The summed E-state index contributed by atoms with van der Waals surface area (Å²) in [5, 5.41) is 0.338. The van der Waals surface area contributed by atoms with E-state index in [4.69, 9.17) is 21.1 Å². The summed E-state index contributed by atoms with van der Waals surface area (Å²) in [6.45, 7) is 3.36. The van der Waals surface area contributed by atoms with E-state index in [-0.39, 0.29) is 12.1 Å². The third-order valence-electron chi connectivity index (χ3n) is 3.03. The molecule has 104 valence electrons. The number of aromatic nitrogens is 1. The lowest BCUT2D eigenvalue weighted by molar-refractivity contribution is -0.0159. The number of nitrogens with zero attached hydrogens (tertiary/aromatic N) is 1. The molecule has 4 nitrogen and oxygen atoms in total.